The van der Waals surface area contributed by atoms with Crippen molar-refractivity contribution < 1.29 is 14.3 Å². The Bertz CT molecular complexity index is 1010. The van der Waals surface area contributed by atoms with Crippen LogP contribution >= 0.6 is 0 Å². The summed E-state index contributed by atoms with van der Waals surface area (Å²) in [7, 11) is 0. The monoisotopic (exact) mass is 384 g/mol. The number of rotatable bonds is 5. The van der Waals surface area contributed by atoms with E-state index >= 15 is 0 Å². The number of imide groups is 1. The molecule has 0 saturated carbocycles. The van der Waals surface area contributed by atoms with Crippen molar-refractivity contribution in [2.24, 2.45) is 0 Å². The second kappa shape index (κ2) is 8.02. The Hall–Kier alpha value is -3.86. The van der Waals surface area contributed by atoms with Gasteiger partial charge >= 0.3 is 6.09 Å². The third-order valence-corrected chi connectivity index (χ3v) is 4.67. The van der Waals surface area contributed by atoms with Crippen molar-refractivity contribution in [3.8, 4) is 0 Å². The lowest BCUT2D eigenvalue weighted by Gasteiger charge is -2.25. The van der Waals surface area contributed by atoms with E-state index in [1.807, 2.05) is 60.7 Å². The number of para-hydroxylation sites is 2. The third kappa shape index (κ3) is 3.75. The van der Waals surface area contributed by atoms with Crippen LogP contribution in [-0.2, 0) is 9.53 Å². The molecule has 4 rings (SSSR count). The molecular formula is C24H20N2O3. The fraction of sp³-hybridized carbons (Fsp3) is 0.0833. The molecule has 5 heteroatoms. The average molecular weight is 384 g/mol. The summed E-state index contributed by atoms with van der Waals surface area (Å²) >= 11 is 0. The van der Waals surface area contributed by atoms with Gasteiger partial charge in [-0.05, 0) is 55.0 Å². The first kappa shape index (κ1) is 18.5. The largest absolute Gasteiger partial charge is 0.422 e. The number of carbonyl (C=O) groups excluding carboxylic acids is 2. The van der Waals surface area contributed by atoms with Gasteiger partial charge in [0.25, 0.3) is 5.91 Å². The summed E-state index contributed by atoms with van der Waals surface area (Å²) in [4.78, 5) is 27.1. The maximum absolute atomic E-state index is 12.2. The summed E-state index contributed by atoms with van der Waals surface area (Å²) in [5.74, 6) is -0.357. The number of anilines is 3. The van der Waals surface area contributed by atoms with Crippen molar-refractivity contribution in [1.82, 2.24) is 4.90 Å². The lowest BCUT2D eigenvalue weighted by atomic mass is 10.1. The molecular weight excluding hydrogens is 364 g/mol. The van der Waals surface area contributed by atoms with E-state index in [1.165, 1.54) is 0 Å². The Morgan fingerprint density at radius 1 is 0.793 bits per heavy atom. The van der Waals surface area contributed by atoms with E-state index in [0.29, 0.717) is 0 Å². The van der Waals surface area contributed by atoms with Crippen LogP contribution in [0.2, 0.25) is 0 Å². The standard InChI is InChI=1S/C24H20N2O3/c1-2-25-23(27)22(29-24(25)28)17-18-13-15-21(16-14-18)26(19-9-5-3-6-10-19)20-11-7-4-8-12-20/h3-17H,2H2,1H3/b22-17+. The zero-order valence-corrected chi connectivity index (χ0v) is 16.0. The van der Waals surface area contributed by atoms with Gasteiger partial charge in [0.05, 0.1) is 0 Å². The minimum atomic E-state index is -0.625. The second-order valence-electron chi connectivity index (χ2n) is 6.52. The lowest BCUT2D eigenvalue weighted by Crippen LogP contribution is -2.28. The Morgan fingerprint density at radius 3 is 1.79 bits per heavy atom. The van der Waals surface area contributed by atoms with Gasteiger partial charge in [-0.2, -0.15) is 0 Å². The number of hydrogen-bond donors (Lipinski definition) is 0. The number of cyclic esters (lactones) is 1. The van der Waals surface area contributed by atoms with E-state index in [9.17, 15) is 9.59 Å². The Labute approximate surface area is 169 Å². The average Bonchev–Trinajstić information content (AvgIpc) is 3.03. The fourth-order valence-corrected chi connectivity index (χ4v) is 3.24. The molecule has 0 N–H and O–H groups in total. The van der Waals surface area contributed by atoms with Crippen molar-refractivity contribution >= 4 is 35.1 Å². The first-order chi connectivity index (χ1) is 14.2. The second-order valence-corrected chi connectivity index (χ2v) is 6.52. The van der Waals surface area contributed by atoms with Gasteiger partial charge in [-0.25, -0.2) is 9.69 Å². The summed E-state index contributed by atoms with van der Waals surface area (Å²) < 4.78 is 5.09. The Kier molecular flexibility index (Phi) is 5.12. The molecule has 5 nitrogen and oxygen atoms in total. The summed E-state index contributed by atoms with van der Waals surface area (Å²) in [6.45, 7) is 2.02. The summed E-state index contributed by atoms with van der Waals surface area (Å²) in [5.41, 5.74) is 3.85. The molecule has 0 atom stereocenters. The molecule has 0 radical (unpaired) electrons. The Balaban J connectivity index is 1.66. The molecule has 29 heavy (non-hydrogen) atoms. The van der Waals surface area contributed by atoms with Crippen LogP contribution in [0.25, 0.3) is 6.08 Å². The van der Waals surface area contributed by atoms with E-state index in [2.05, 4.69) is 29.2 Å². The molecule has 1 saturated heterocycles. The van der Waals surface area contributed by atoms with E-state index in [-0.39, 0.29) is 12.3 Å². The molecule has 0 unspecified atom stereocenters. The van der Waals surface area contributed by atoms with Gasteiger partial charge in [0.1, 0.15) is 0 Å². The van der Waals surface area contributed by atoms with Gasteiger partial charge in [0.15, 0.2) is 5.76 Å². The molecule has 0 bridgehead atoms. The number of nitrogens with zero attached hydrogens (tertiary/aromatic N) is 2. The molecule has 3 aromatic carbocycles. The quantitative estimate of drug-likeness (QED) is 0.545. The van der Waals surface area contributed by atoms with Crippen molar-refractivity contribution in [3.63, 3.8) is 0 Å². The lowest BCUT2D eigenvalue weighted by molar-refractivity contribution is -0.123. The van der Waals surface area contributed by atoms with Crippen LogP contribution in [0, 0.1) is 0 Å². The minimum absolute atomic E-state index is 0.0487. The highest BCUT2D eigenvalue weighted by Crippen LogP contribution is 2.34. The van der Waals surface area contributed by atoms with Gasteiger partial charge in [0.2, 0.25) is 0 Å². The summed E-state index contributed by atoms with van der Waals surface area (Å²) in [6.07, 6.45) is 0.967. The molecule has 144 valence electrons. The molecule has 1 heterocycles. The van der Waals surface area contributed by atoms with Crippen molar-refractivity contribution in [3.05, 3.63) is 96.3 Å². The SMILES string of the molecule is CCN1C(=O)O/C(=C/c2ccc(N(c3ccccc3)c3ccccc3)cc2)C1=O. The minimum Gasteiger partial charge on any atom is -0.404 e. The number of hydrogen-bond acceptors (Lipinski definition) is 4. The first-order valence-electron chi connectivity index (χ1n) is 9.43. The van der Waals surface area contributed by atoms with Gasteiger partial charge < -0.3 is 9.64 Å². The highest BCUT2D eigenvalue weighted by atomic mass is 16.6. The van der Waals surface area contributed by atoms with Gasteiger partial charge in [-0.1, -0.05) is 48.5 Å². The normalized spacial score (nSPS) is 14.9. The maximum atomic E-state index is 12.2. The fourth-order valence-electron chi connectivity index (χ4n) is 3.24. The van der Waals surface area contributed by atoms with E-state index in [1.54, 1.807) is 13.0 Å². The van der Waals surface area contributed by atoms with Crippen LogP contribution < -0.4 is 4.90 Å². The molecule has 2 amide bonds. The number of benzene rings is 3. The summed E-state index contributed by atoms with van der Waals surface area (Å²) in [5, 5.41) is 0. The van der Waals surface area contributed by atoms with E-state index in [0.717, 1.165) is 27.5 Å². The first-order valence-corrected chi connectivity index (χ1v) is 9.43. The summed E-state index contributed by atoms with van der Waals surface area (Å²) in [6, 6.07) is 28.0. The van der Waals surface area contributed by atoms with E-state index in [4.69, 9.17) is 4.74 Å². The third-order valence-electron chi connectivity index (χ3n) is 4.67. The van der Waals surface area contributed by atoms with Crippen LogP contribution in [0.5, 0.6) is 0 Å². The van der Waals surface area contributed by atoms with Crippen LogP contribution in [0.3, 0.4) is 0 Å². The van der Waals surface area contributed by atoms with Crippen molar-refractivity contribution in [1.29, 1.82) is 0 Å². The maximum Gasteiger partial charge on any atom is 0.422 e. The number of amides is 2. The van der Waals surface area contributed by atoms with Crippen molar-refractivity contribution in [2.45, 2.75) is 6.92 Å². The Morgan fingerprint density at radius 2 is 1.31 bits per heavy atom. The van der Waals surface area contributed by atoms with Crippen LogP contribution in [0.4, 0.5) is 21.9 Å². The van der Waals surface area contributed by atoms with Crippen LogP contribution in [0.15, 0.2) is 90.7 Å². The molecule has 1 aliphatic rings. The molecule has 3 aromatic rings. The highest BCUT2D eigenvalue weighted by Gasteiger charge is 2.35. The number of carbonyl (C=O) groups is 2. The molecule has 1 fully saturated rings. The van der Waals surface area contributed by atoms with Crippen LogP contribution in [0.1, 0.15) is 12.5 Å². The molecule has 0 spiro atoms. The zero-order valence-electron chi connectivity index (χ0n) is 16.0. The highest BCUT2D eigenvalue weighted by molar-refractivity contribution is 6.09. The predicted molar refractivity (Wildman–Crippen MR) is 113 cm³/mol. The molecule has 0 aromatic heterocycles. The van der Waals surface area contributed by atoms with Gasteiger partial charge in [0, 0.05) is 23.6 Å². The van der Waals surface area contributed by atoms with E-state index < -0.39 is 12.0 Å². The van der Waals surface area contributed by atoms with Crippen molar-refractivity contribution in [2.75, 3.05) is 11.4 Å². The number of likely N-dealkylation sites (N-methyl/N-ethyl adjacent to an activating group) is 1. The van der Waals surface area contributed by atoms with Gasteiger partial charge in [-0.15, -0.1) is 0 Å². The molecule has 1 aliphatic heterocycles. The number of ether oxygens (including phenoxy) is 1. The van der Waals surface area contributed by atoms with Gasteiger partial charge in [-0.3, -0.25) is 4.79 Å². The topological polar surface area (TPSA) is 49.9 Å². The zero-order chi connectivity index (χ0) is 20.2. The smallest absolute Gasteiger partial charge is 0.404 e. The van der Waals surface area contributed by atoms with Crippen LogP contribution in [-0.4, -0.2) is 23.4 Å². The molecule has 0 aliphatic carbocycles. The predicted octanol–water partition coefficient (Wildman–Crippen LogP) is 5.50.